The molecule has 5 nitrogen and oxygen atoms in total. The van der Waals surface area contributed by atoms with E-state index in [0.717, 1.165) is 12.8 Å². The fraction of sp³-hybridized carbons (Fsp3) is 0.846. The molecular formula is C13H21NO4. The van der Waals surface area contributed by atoms with E-state index in [1.165, 1.54) is 6.92 Å². The van der Waals surface area contributed by atoms with Gasteiger partial charge < -0.3 is 14.7 Å². The van der Waals surface area contributed by atoms with Crippen molar-refractivity contribution in [3.05, 3.63) is 0 Å². The van der Waals surface area contributed by atoms with E-state index in [1.807, 2.05) is 6.92 Å². The number of carbonyl (C=O) groups is 2. The average Bonchev–Trinajstić information content (AvgIpc) is 2.70. The van der Waals surface area contributed by atoms with Crippen LogP contribution in [-0.4, -0.2) is 47.2 Å². The second-order valence-corrected chi connectivity index (χ2v) is 5.61. The lowest BCUT2D eigenvalue weighted by Crippen LogP contribution is -2.50. The van der Waals surface area contributed by atoms with Crippen LogP contribution in [0.2, 0.25) is 0 Å². The van der Waals surface area contributed by atoms with Crippen molar-refractivity contribution in [3.8, 4) is 0 Å². The molecule has 0 saturated carbocycles. The van der Waals surface area contributed by atoms with Gasteiger partial charge in [0, 0.05) is 32.2 Å². The van der Waals surface area contributed by atoms with Gasteiger partial charge in [-0.25, -0.2) is 0 Å². The molecule has 18 heavy (non-hydrogen) atoms. The third-order valence-corrected chi connectivity index (χ3v) is 4.51. The van der Waals surface area contributed by atoms with Crippen molar-refractivity contribution in [3.63, 3.8) is 0 Å². The van der Waals surface area contributed by atoms with Crippen molar-refractivity contribution in [2.75, 3.05) is 19.8 Å². The Kier molecular flexibility index (Phi) is 3.61. The molecule has 0 aromatic rings. The number of carbonyl (C=O) groups excluding carboxylic acids is 1. The molecule has 1 amide bonds. The van der Waals surface area contributed by atoms with Gasteiger partial charge in [0.2, 0.25) is 5.91 Å². The standard InChI is InChI=1S/C13H21NO4/c1-9(15)14-8-10(12(16)17)7-13(14,2)11-3-5-18-6-4-11/h10-11H,3-8H2,1-2H3,(H,16,17). The van der Waals surface area contributed by atoms with Gasteiger partial charge in [0.05, 0.1) is 5.92 Å². The highest BCUT2D eigenvalue weighted by molar-refractivity contribution is 5.78. The number of hydrogen-bond acceptors (Lipinski definition) is 3. The topological polar surface area (TPSA) is 66.8 Å². The zero-order valence-corrected chi connectivity index (χ0v) is 11.0. The van der Waals surface area contributed by atoms with Crippen molar-refractivity contribution in [1.29, 1.82) is 0 Å². The number of carboxylic acids is 1. The number of likely N-dealkylation sites (tertiary alicyclic amines) is 1. The van der Waals surface area contributed by atoms with Crippen molar-refractivity contribution < 1.29 is 19.4 Å². The molecule has 2 saturated heterocycles. The van der Waals surface area contributed by atoms with Crippen molar-refractivity contribution >= 4 is 11.9 Å². The van der Waals surface area contributed by atoms with E-state index in [0.29, 0.717) is 32.1 Å². The Labute approximate surface area is 107 Å². The van der Waals surface area contributed by atoms with E-state index < -0.39 is 11.9 Å². The minimum Gasteiger partial charge on any atom is -0.481 e. The average molecular weight is 255 g/mol. The number of rotatable bonds is 2. The minimum atomic E-state index is -0.794. The highest BCUT2D eigenvalue weighted by Crippen LogP contribution is 2.42. The molecular weight excluding hydrogens is 234 g/mol. The summed E-state index contributed by atoms with van der Waals surface area (Å²) in [6.07, 6.45) is 2.38. The number of hydrogen-bond donors (Lipinski definition) is 1. The van der Waals surface area contributed by atoms with Crippen LogP contribution in [-0.2, 0) is 14.3 Å². The lowest BCUT2D eigenvalue weighted by atomic mass is 9.77. The SMILES string of the molecule is CC(=O)N1CC(C(=O)O)CC1(C)C1CCOCC1. The molecule has 2 rings (SSSR count). The Morgan fingerprint density at radius 2 is 1.94 bits per heavy atom. The maximum absolute atomic E-state index is 11.8. The first-order chi connectivity index (χ1) is 8.45. The summed E-state index contributed by atoms with van der Waals surface area (Å²) in [7, 11) is 0. The molecule has 102 valence electrons. The summed E-state index contributed by atoms with van der Waals surface area (Å²) in [5, 5.41) is 9.18. The molecule has 0 aliphatic carbocycles. The zero-order valence-electron chi connectivity index (χ0n) is 11.0. The molecule has 0 bridgehead atoms. The van der Waals surface area contributed by atoms with Crippen LogP contribution in [0.15, 0.2) is 0 Å². The number of amides is 1. The summed E-state index contributed by atoms with van der Waals surface area (Å²) in [6.45, 7) is 5.33. The third-order valence-electron chi connectivity index (χ3n) is 4.51. The quantitative estimate of drug-likeness (QED) is 0.803. The van der Waals surface area contributed by atoms with Gasteiger partial charge in [0.15, 0.2) is 0 Å². The van der Waals surface area contributed by atoms with Crippen molar-refractivity contribution in [2.24, 2.45) is 11.8 Å². The monoisotopic (exact) mass is 255 g/mol. The molecule has 2 fully saturated rings. The molecule has 2 aliphatic rings. The van der Waals surface area contributed by atoms with Crippen LogP contribution in [0.3, 0.4) is 0 Å². The Balaban J connectivity index is 2.21. The maximum Gasteiger partial charge on any atom is 0.308 e. The Hall–Kier alpha value is -1.10. The molecule has 0 aromatic carbocycles. The number of nitrogens with zero attached hydrogens (tertiary/aromatic N) is 1. The molecule has 2 aliphatic heterocycles. The summed E-state index contributed by atoms with van der Waals surface area (Å²) < 4.78 is 5.35. The van der Waals surface area contributed by atoms with Gasteiger partial charge in [0.25, 0.3) is 0 Å². The Morgan fingerprint density at radius 1 is 1.33 bits per heavy atom. The smallest absolute Gasteiger partial charge is 0.308 e. The van der Waals surface area contributed by atoms with Crippen molar-refractivity contribution in [1.82, 2.24) is 4.90 Å². The summed E-state index contributed by atoms with van der Waals surface area (Å²) in [6, 6.07) is 0. The number of aliphatic carboxylic acids is 1. The van der Waals surface area contributed by atoms with E-state index in [-0.39, 0.29) is 11.4 Å². The molecule has 0 aromatic heterocycles. The molecule has 1 N–H and O–H groups in total. The van der Waals surface area contributed by atoms with Gasteiger partial charge in [-0.1, -0.05) is 0 Å². The van der Waals surface area contributed by atoms with Crippen LogP contribution in [0.4, 0.5) is 0 Å². The van der Waals surface area contributed by atoms with Gasteiger partial charge >= 0.3 is 5.97 Å². The second-order valence-electron chi connectivity index (χ2n) is 5.61. The minimum absolute atomic E-state index is 0.0206. The molecule has 2 unspecified atom stereocenters. The first kappa shape index (κ1) is 13.3. The van der Waals surface area contributed by atoms with E-state index >= 15 is 0 Å². The highest BCUT2D eigenvalue weighted by Gasteiger charge is 2.50. The van der Waals surface area contributed by atoms with Crippen LogP contribution in [0, 0.1) is 11.8 Å². The molecule has 2 atom stereocenters. The summed E-state index contributed by atoms with van der Waals surface area (Å²) in [4.78, 5) is 24.7. The lowest BCUT2D eigenvalue weighted by molar-refractivity contribution is -0.141. The highest BCUT2D eigenvalue weighted by atomic mass is 16.5. The first-order valence-electron chi connectivity index (χ1n) is 6.54. The van der Waals surface area contributed by atoms with Gasteiger partial charge in [-0.3, -0.25) is 9.59 Å². The lowest BCUT2D eigenvalue weighted by Gasteiger charge is -2.43. The fourth-order valence-corrected chi connectivity index (χ4v) is 3.46. The van der Waals surface area contributed by atoms with Gasteiger partial charge in [-0.15, -0.1) is 0 Å². The Morgan fingerprint density at radius 3 is 2.44 bits per heavy atom. The van der Waals surface area contributed by atoms with Gasteiger partial charge in [-0.05, 0) is 32.1 Å². The molecule has 0 spiro atoms. The van der Waals surface area contributed by atoms with E-state index in [4.69, 9.17) is 4.74 Å². The maximum atomic E-state index is 11.8. The third kappa shape index (κ3) is 2.23. The second kappa shape index (κ2) is 4.88. The van der Waals surface area contributed by atoms with Crippen LogP contribution < -0.4 is 0 Å². The predicted octanol–water partition coefficient (Wildman–Crippen LogP) is 1.12. The van der Waals surface area contributed by atoms with Crippen LogP contribution in [0.1, 0.15) is 33.1 Å². The predicted molar refractivity (Wildman–Crippen MR) is 65.1 cm³/mol. The number of carboxylic acid groups (broad SMARTS) is 1. The summed E-state index contributed by atoms with van der Waals surface area (Å²) in [5.41, 5.74) is -0.321. The Bertz CT molecular complexity index is 351. The van der Waals surface area contributed by atoms with E-state index in [1.54, 1.807) is 4.90 Å². The van der Waals surface area contributed by atoms with Crippen LogP contribution >= 0.6 is 0 Å². The fourth-order valence-electron chi connectivity index (χ4n) is 3.46. The molecule has 0 radical (unpaired) electrons. The zero-order chi connectivity index (χ0) is 13.3. The van der Waals surface area contributed by atoms with Gasteiger partial charge in [0.1, 0.15) is 0 Å². The van der Waals surface area contributed by atoms with E-state index in [9.17, 15) is 14.7 Å². The normalized spacial score (nSPS) is 33.7. The number of ether oxygens (including phenoxy) is 1. The van der Waals surface area contributed by atoms with Gasteiger partial charge in [-0.2, -0.15) is 0 Å². The van der Waals surface area contributed by atoms with Crippen LogP contribution in [0.5, 0.6) is 0 Å². The first-order valence-corrected chi connectivity index (χ1v) is 6.54. The largest absolute Gasteiger partial charge is 0.481 e. The van der Waals surface area contributed by atoms with E-state index in [2.05, 4.69) is 0 Å². The molecule has 5 heteroatoms. The van der Waals surface area contributed by atoms with Crippen LogP contribution in [0.25, 0.3) is 0 Å². The summed E-state index contributed by atoms with van der Waals surface area (Å²) in [5.74, 6) is -0.897. The molecule has 2 heterocycles. The summed E-state index contributed by atoms with van der Waals surface area (Å²) >= 11 is 0. The van der Waals surface area contributed by atoms with Crippen molar-refractivity contribution in [2.45, 2.75) is 38.6 Å².